The Morgan fingerprint density at radius 1 is 1.41 bits per heavy atom. The lowest BCUT2D eigenvalue weighted by Gasteiger charge is -2.32. The molecule has 0 unspecified atom stereocenters. The van der Waals surface area contributed by atoms with Crippen LogP contribution in [-0.2, 0) is 10.0 Å². The number of halogens is 2. The van der Waals surface area contributed by atoms with Gasteiger partial charge in [-0.2, -0.15) is 4.72 Å². The van der Waals surface area contributed by atoms with Gasteiger partial charge >= 0.3 is 0 Å². The van der Waals surface area contributed by atoms with E-state index in [-0.39, 0.29) is 23.3 Å². The lowest BCUT2D eigenvalue weighted by Crippen LogP contribution is -2.44. The summed E-state index contributed by atoms with van der Waals surface area (Å²) in [7, 11) is -3.57. The van der Waals surface area contributed by atoms with Gasteiger partial charge in [-0.15, -0.1) is 0 Å². The maximum absolute atomic E-state index is 14.1. The predicted octanol–water partition coefficient (Wildman–Crippen LogP) is 1.81. The highest BCUT2D eigenvalue weighted by Gasteiger charge is 2.38. The number of benzene rings is 1. The summed E-state index contributed by atoms with van der Waals surface area (Å²) >= 11 is 3.09. The second-order valence-electron chi connectivity index (χ2n) is 4.21. The molecule has 92 valence electrons. The van der Waals surface area contributed by atoms with Crippen molar-refractivity contribution in [3.05, 3.63) is 22.4 Å². The largest absolute Gasteiger partial charge is 0.351 e. The number of rotatable bonds is 1. The summed E-state index contributed by atoms with van der Waals surface area (Å²) in [5.74, 6) is -0.500. The topological polar surface area (TPSA) is 49.4 Å². The van der Waals surface area contributed by atoms with Crippen molar-refractivity contribution in [3.63, 3.8) is 0 Å². The average molecular weight is 321 g/mol. The van der Waals surface area contributed by atoms with E-state index in [9.17, 15) is 12.8 Å². The van der Waals surface area contributed by atoms with Crippen molar-refractivity contribution in [2.45, 2.75) is 23.8 Å². The molecule has 0 aromatic heterocycles. The normalized spacial score (nSPS) is 22.4. The maximum Gasteiger partial charge on any atom is 0.244 e. The molecule has 1 aliphatic carbocycles. The molecule has 17 heavy (non-hydrogen) atoms. The van der Waals surface area contributed by atoms with Crippen LogP contribution < -0.4 is 9.62 Å². The van der Waals surface area contributed by atoms with Gasteiger partial charge in [-0.05, 0) is 40.9 Å². The number of anilines is 1. The van der Waals surface area contributed by atoms with Crippen molar-refractivity contribution in [1.82, 2.24) is 4.72 Å². The quantitative estimate of drug-likeness (QED) is 0.858. The van der Waals surface area contributed by atoms with Gasteiger partial charge in [0.15, 0.2) is 5.82 Å². The molecule has 0 atom stereocenters. The second-order valence-corrected chi connectivity index (χ2v) is 6.80. The Labute approximate surface area is 107 Å². The van der Waals surface area contributed by atoms with Gasteiger partial charge < -0.3 is 4.90 Å². The molecule has 1 N–H and O–H groups in total. The van der Waals surface area contributed by atoms with E-state index in [1.807, 2.05) is 0 Å². The number of fused-ring (bicyclic) bond motifs is 1. The standard InChI is InChI=1S/C10H10BrFN2O2S/c11-7-3-4-8-10(9(7)12)14(6-1-2-6)5-13-17(8,15)16/h3-4,6,13H,1-2,5H2. The van der Waals surface area contributed by atoms with Crippen LogP contribution in [0.3, 0.4) is 0 Å². The van der Waals surface area contributed by atoms with Crippen molar-refractivity contribution in [1.29, 1.82) is 0 Å². The van der Waals surface area contributed by atoms with Gasteiger partial charge in [0, 0.05) is 6.04 Å². The zero-order chi connectivity index (χ0) is 12.2. The lowest BCUT2D eigenvalue weighted by atomic mass is 10.2. The Balaban J connectivity index is 2.25. The molecule has 2 aliphatic rings. The van der Waals surface area contributed by atoms with Gasteiger partial charge in [-0.3, -0.25) is 0 Å². The number of sulfonamides is 1. The Bertz CT molecular complexity index is 586. The molecule has 4 nitrogen and oxygen atoms in total. The van der Waals surface area contributed by atoms with E-state index in [1.54, 1.807) is 4.90 Å². The zero-order valence-electron chi connectivity index (χ0n) is 8.78. The van der Waals surface area contributed by atoms with Crippen LogP contribution >= 0.6 is 15.9 Å². The minimum atomic E-state index is -3.57. The molecular weight excluding hydrogens is 311 g/mol. The number of hydrogen-bond acceptors (Lipinski definition) is 3. The van der Waals surface area contributed by atoms with E-state index in [4.69, 9.17) is 0 Å². The summed E-state index contributed by atoms with van der Waals surface area (Å²) in [5, 5.41) is 0. The molecule has 1 heterocycles. The van der Waals surface area contributed by atoms with Crippen molar-refractivity contribution in [2.75, 3.05) is 11.6 Å². The minimum absolute atomic E-state index is 0.0244. The molecule has 0 radical (unpaired) electrons. The number of hydrogen-bond donors (Lipinski definition) is 1. The van der Waals surface area contributed by atoms with Gasteiger partial charge in [0.05, 0.1) is 16.8 Å². The Kier molecular flexibility index (Phi) is 2.46. The summed E-state index contributed by atoms with van der Waals surface area (Å²) < 4.78 is 40.4. The Morgan fingerprint density at radius 3 is 2.76 bits per heavy atom. The summed E-state index contributed by atoms with van der Waals surface area (Å²) in [6.45, 7) is 0.146. The Hall–Kier alpha value is -0.660. The molecule has 1 fully saturated rings. The molecule has 1 saturated carbocycles. The van der Waals surface area contributed by atoms with Crippen LogP contribution in [0.25, 0.3) is 0 Å². The fourth-order valence-corrected chi connectivity index (χ4v) is 3.51. The molecule has 7 heteroatoms. The number of nitrogens with zero attached hydrogens (tertiary/aromatic N) is 1. The first-order chi connectivity index (χ1) is 8.00. The predicted molar refractivity (Wildman–Crippen MR) is 64.8 cm³/mol. The number of nitrogens with one attached hydrogen (secondary N) is 1. The van der Waals surface area contributed by atoms with E-state index in [0.717, 1.165) is 12.8 Å². The third kappa shape index (κ3) is 1.76. The monoisotopic (exact) mass is 320 g/mol. The first-order valence-corrected chi connectivity index (χ1v) is 7.52. The fraction of sp³-hybridized carbons (Fsp3) is 0.400. The van der Waals surface area contributed by atoms with Gasteiger partial charge in [0.1, 0.15) is 4.90 Å². The molecule has 0 amide bonds. The summed E-state index contributed by atoms with van der Waals surface area (Å²) in [4.78, 5) is 1.81. The van der Waals surface area contributed by atoms with Gasteiger partial charge in [0.25, 0.3) is 0 Å². The maximum atomic E-state index is 14.1. The van der Waals surface area contributed by atoms with Gasteiger partial charge in [-0.1, -0.05) is 0 Å². The van der Waals surface area contributed by atoms with Crippen LogP contribution in [0.1, 0.15) is 12.8 Å². The van der Waals surface area contributed by atoms with Crippen molar-refractivity contribution in [2.24, 2.45) is 0 Å². The highest BCUT2D eigenvalue weighted by atomic mass is 79.9. The third-order valence-electron chi connectivity index (χ3n) is 3.02. The second kappa shape index (κ2) is 3.66. The smallest absolute Gasteiger partial charge is 0.244 e. The highest BCUT2D eigenvalue weighted by molar-refractivity contribution is 9.10. The Morgan fingerprint density at radius 2 is 2.12 bits per heavy atom. The first kappa shape index (κ1) is 11.4. The minimum Gasteiger partial charge on any atom is -0.351 e. The van der Waals surface area contributed by atoms with Gasteiger partial charge in [-0.25, -0.2) is 12.8 Å². The van der Waals surface area contributed by atoms with E-state index >= 15 is 0 Å². The van der Waals surface area contributed by atoms with E-state index in [1.165, 1.54) is 12.1 Å². The third-order valence-corrected chi connectivity index (χ3v) is 5.05. The van der Waals surface area contributed by atoms with E-state index < -0.39 is 15.8 Å². The van der Waals surface area contributed by atoms with Gasteiger partial charge in [0.2, 0.25) is 10.0 Å². The fourth-order valence-electron chi connectivity index (χ4n) is 2.02. The van der Waals surface area contributed by atoms with E-state index in [0.29, 0.717) is 4.47 Å². The van der Waals surface area contributed by atoms with Crippen molar-refractivity contribution < 1.29 is 12.8 Å². The first-order valence-electron chi connectivity index (χ1n) is 5.25. The lowest BCUT2D eigenvalue weighted by molar-refractivity contribution is 0.555. The van der Waals surface area contributed by atoms with Crippen LogP contribution in [0, 0.1) is 5.82 Å². The molecule has 0 saturated heterocycles. The van der Waals surface area contributed by atoms with Crippen molar-refractivity contribution in [3.8, 4) is 0 Å². The van der Waals surface area contributed by atoms with Crippen LogP contribution in [0.5, 0.6) is 0 Å². The van der Waals surface area contributed by atoms with Crippen LogP contribution in [-0.4, -0.2) is 21.1 Å². The molecule has 1 aliphatic heterocycles. The van der Waals surface area contributed by atoms with Crippen LogP contribution in [0.15, 0.2) is 21.5 Å². The highest BCUT2D eigenvalue weighted by Crippen LogP contribution is 2.40. The molecule has 1 aromatic carbocycles. The molecule has 0 spiro atoms. The van der Waals surface area contributed by atoms with Crippen molar-refractivity contribution >= 4 is 31.6 Å². The summed E-state index contributed by atoms with van der Waals surface area (Å²) in [5.41, 5.74) is 0.195. The molecular formula is C10H10BrFN2O2S. The van der Waals surface area contributed by atoms with Crippen LogP contribution in [0.4, 0.5) is 10.1 Å². The average Bonchev–Trinajstić information content (AvgIpc) is 3.07. The van der Waals surface area contributed by atoms with E-state index in [2.05, 4.69) is 20.7 Å². The SMILES string of the molecule is O=S1(=O)NCN(C2CC2)c2c1ccc(Br)c2F. The molecule has 3 rings (SSSR count). The summed E-state index contributed by atoms with van der Waals surface area (Å²) in [6.07, 6.45) is 1.96. The molecule has 1 aromatic rings. The zero-order valence-corrected chi connectivity index (χ0v) is 11.2. The summed E-state index contributed by atoms with van der Waals surface area (Å²) in [6, 6.07) is 3.10. The molecule has 0 bridgehead atoms. The van der Waals surface area contributed by atoms with Crippen LogP contribution in [0.2, 0.25) is 0 Å².